The lowest BCUT2D eigenvalue weighted by Gasteiger charge is -2.42. The number of nitrogens with one attached hydrogen (secondary N) is 1. The summed E-state index contributed by atoms with van der Waals surface area (Å²) in [6, 6.07) is 7.77. The SMILES string of the molecule is Cc1ccc(C)c(C(C2CNCCN2C)N(C)C)c1. The van der Waals surface area contributed by atoms with Gasteiger partial charge in [-0.2, -0.15) is 0 Å². The van der Waals surface area contributed by atoms with Gasteiger partial charge in [0, 0.05) is 25.7 Å². The lowest BCUT2D eigenvalue weighted by Crippen LogP contribution is -2.54. The predicted molar refractivity (Wildman–Crippen MR) is 81.6 cm³/mol. The van der Waals surface area contributed by atoms with Crippen molar-refractivity contribution in [3.8, 4) is 0 Å². The van der Waals surface area contributed by atoms with Gasteiger partial charge in [0.25, 0.3) is 0 Å². The summed E-state index contributed by atoms with van der Waals surface area (Å²) < 4.78 is 0. The van der Waals surface area contributed by atoms with Crippen LogP contribution in [0.1, 0.15) is 22.7 Å². The van der Waals surface area contributed by atoms with Crippen molar-refractivity contribution in [2.45, 2.75) is 25.9 Å². The van der Waals surface area contributed by atoms with E-state index in [1.54, 1.807) is 0 Å². The zero-order valence-electron chi connectivity index (χ0n) is 12.9. The molecule has 0 radical (unpaired) electrons. The summed E-state index contributed by atoms with van der Waals surface area (Å²) in [6.07, 6.45) is 0. The third-order valence-corrected chi connectivity index (χ3v) is 4.24. The number of benzene rings is 1. The lowest BCUT2D eigenvalue weighted by molar-refractivity contribution is 0.107. The molecule has 0 aliphatic carbocycles. The Morgan fingerprint density at radius 1 is 1.32 bits per heavy atom. The van der Waals surface area contributed by atoms with Crippen LogP contribution in [-0.2, 0) is 0 Å². The van der Waals surface area contributed by atoms with Gasteiger partial charge >= 0.3 is 0 Å². The third kappa shape index (κ3) is 3.16. The Kier molecular flexibility index (Phi) is 4.61. The van der Waals surface area contributed by atoms with Crippen molar-refractivity contribution in [2.24, 2.45) is 0 Å². The molecular formula is C16H27N3. The molecule has 1 aromatic rings. The Bertz CT molecular complexity index is 428. The standard InChI is InChI=1S/C16H27N3/c1-12-6-7-13(2)14(10-12)16(18(3)4)15-11-17-8-9-19(15)5/h6-7,10,15-17H,8-9,11H2,1-5H3. The maximum Gasteiger partial charge on any atom is 0.0513 e. The molecule has 0 bridgehead atoms. The van der Waals surface area contributed by atoms with Crippen molar-refractivity contribution in [1.29, 1.82) is 0 Å². The van der Waals surface area contributed by atoms with E-state index in [4.69, 9.17) is 0 Å². The van der Waals surface area contributed by atoms with Gasteiger partial charge in [0.05, 0.1) is 6.04 Å². The van der Waals surface area contributed by atoms with Crippen LogP contribution in [0.15, 0.2) is 18.2 Å². The van der Waals surface area contributed by atoms with E-state index < -0.39 is 0 Å². The summed E-state index contributed by atoms with van der Waals surface area (Å²) in [5.41, 5.74) is 4.20. The predicted octanol–water partition coefficient (Wildman–Crippen LogP) is 1.81. The molecule has 1 aliphatic rings. The highest BCUT2D eigenvalue weighted by atomic mass is 15.3. The Balaban J connectivity index is 2.36. The van der Waals surface area contributed by atoms with E-state index in [0.717, 1.165) is 19.6 Å². The highest BCUT2D eigenvalue weighted by Gasteiger charge is 2.31. The molecule has 1 aromatic carbocycles. The van der Waals surface area contributed by atoms with Gasteiger partial charge in [-0.1, -0.05) is 23.8 Å². The van der Waals surface area contributed by atoms with Crippen LogP contribution in [0.4, 0.5) is 0 Å². The maximum absolute atomic E-state index is 3.54. The molecule has 1 heterocycles. The minimum atomic E-state index is 0.442. The van der Waals surface area contributed by atoms with Crippen LogP contribution in [0.25, 0.3) is 0 Å². The molecule has 1 fully saturated rings. The molecule has 0 saturated carbocycles. The van der Waals surface area contributed by atoms with Crippen LogP contribution < -0.4 is 5.32 Å². The fraction of sp³-hybridized carbons (Fsp3) is 0.625. The van der Waals surface area contributed by atoms with Crippen LogP contribution in [0.2, 0.25) is 0 Å². The van der Waals surface area contributed by atoms with Gasteiger partial charge in [0.1, 0.15) is 0 Å². The van der Waals surface area contributed by atoms with Crippen LogP contribution in [0.5, 0.6) is 0 Å². The van der Waals surface area contributed by atoms with E-state index in [2.05, 4.69) is 68.3 Å². The molecule has 106 valence electrons. The van der Waals surface area contributed by atoms with Crippen LogP contribution >= 0.6 is 0 Å². The van der Waals surface area contributed by atoms with Gasteiger partial charge in [-0.15, -0.1) is 0 Å². The summed E-state index contributed by atoms with van der Waals surface area (Å²) in [4.78, 5) is 4.85. The lowest BCUT2D eigenvalue weighted by atomic mass is 9.91. The second-order valence-corrected chi connectivity index (χ2v) is 6.02. The van der Waals surface area contributed by atoms with E-state index in [1.165, 1.54) is 16.7 Å². The molecule has 2 atom stereocenters. The highest BCUT2D eigenvalue weighted by Crippen LogP contribution is 2.29. The van der Waals surface area contributed by atoms with Crippen molar-refractivity contribution in [3.05, 3.63) is 34.9 Å². The van der Waals surface area contributed by atoms with Crippen molar-refractivity contribution in [1.82, 2.24) is 15.1 Å². The van der Waals surface area contributed by atoms with Gasteiger partial charge in [0.15, 0.2) is 0 Å². The molecule has 1 N–H and O–H groups in total. The number of aryl methyl sites for hydroxylation is 2. The first-order chi connectivity index (χ1) is 9.00. The van der Waals surface area contributed by atoms with Gasteiger partial charge in [0.2, 0.25) is 0 Å². The first-order valence-corrected chi connectivity index (χ1v) is 7.15. The summed E-state index contributed by atoms with van der Waals surface area (Å²) >= 11 is 0. The van der Waals surface area contributed by atoms with Crippen molar-refractivity contribution < 1.29 is 0 Å². The monoisotopic (exact) mass is 261 g/mol. The van der Waals surface area contributed by atoms with Crippen LogP contribution in [-0.4, -0.2) is 56.6 Å². The van der Waals surface area contributed by atoms with Gasteiger partial charge in [-0.05, 0) is 46.1 Å². The number of hydrogen-bond acceptors (Lipinski definition) is 3. The molecule has 0 aromatic heterocycles. The summed E-state index contributed by atoms with van der Waals surface area (Å²) in [5.74, 6) is 0. The molecule has 0 amide bonds. The number of likely N-dealkylation sites (N-methyl/N-ethyl adjacent to an activating group) is 2. The smallest absolute Gasteiger partial charge is 0.0513 e. The van der Waals surface area contributed by atoms with E-state index in [1.807, 2.05) is 0 Å². The van der Waals surface area contributed by atoms with Crippen molar-refractivity contribution in [2.75, 3.05) is 40.8 Å². The van der Waals surface area contributed by atoms with Gasteiger partial charge in [-0.25, -0.2) is 0 Å². The number of rotatable bonds is 3. The number of piperazine rings is 1. The zero-order valence-corrected chi connectivity index (χ0v) is 12.9. The fourth-order valence-electron chi connectivity index (χ4n) is 3.09. The summed E-state index contributed by atoms with van der Waals surface area (Å²) in [7, 11) is 6.62. The summed E-state index contributed by atoms with van der Waals surface area (Å²) in [6.45, 7) is 7.69. The molecular weight excluding hydrogens is 234 g/mol. The molecule has 2 rings (SSSR count). The average Bonchev–Trinajstić information content (AvgIpc) is 2.36. The maximum atomic E-state index is 3.54. The number of nitrogens with zero attached hydrogens (tertiary/aromatic N) is 2. The first kappa shape index (κ1) is 14.5. The van der Waals surface area contributed by atoms with Crippen molar-refractivity contribution in [3.63, 3.8) is 0 Å². The Morgan fingerprint density at radius 2 is 2.05 bits per heavy atom. The van der Waals surface area contributed by atoms with E-state index in [0.29, 0.717) is 12.1 Å². The average molecular weight is 261 g/mol. The molecule has 1 aliphatic heterocycles. The van der Waals surface area contributed by atoms with Crippen LogP contribution in [0.3, 0.4) is 0 Å². The second-order valence-electron chi connectivity index (χ2n) is 6.02. The van der Waals surface area contributed by atoms with E-state index >= 15 is 0 Å². The number of hydrogen-bond donors (Lipinski definition) is 1. The van der Waals surface area contributed by atoms with Crippen molar-refractivity contribution >= 4 is 0 Å². The Hall–Kier alpha value is -0.900. The molecule has 0 spiro atoms. The highest BCUT2D eigenvalue weighted by molar-refractivity contribution is 5.34. The minimum Gasteiger partial charge on any atom is -0.314 e. The summed E-state index contributed by atoms with van der Waals surface area (Å²) in [5, 5.41) is 3.54. The molecule has 3 nitrogen and oxygen atoms in total. The van der Waals surface area contributed by atoms with E-state index in [9.17, 15) is 0 Å². The molecule has 3 heteroatoms. The fourth-order valence-corrected chi connectivity index (χ4v) is 3.09. The Labute approximate surface area is 117 Å². The third-order valence-electron chi connectivity index (χ3n) is 4.24. The largest absolute Gasteiger partial charge is 0.314 e. The normalized spacial score (nSPS) is 22.7. The second kappa shape index (κ2) is 6.04. The molecule has 2 unspecified atom stereocenters. The van der Waals surface area contributed by atoms with Gasteiger partial charge in [-0.3, -0.25) is 4.90 Å². The molecule has 1 saturated heterocycles. The first-order valence-electron chi connectivity index (χ1n) is 7.15. The molecule has 19 heavy (non-hydrogen) atoms. The quantitative estimate of drug-likeness (QED) is 0.895. The minimum absolute atomic E-state index is 0.442. The Morgan fingerprint density at radius 3 is 2.68 bits per heavy atom. The van der Waals surface area contributed by atoms with Crippen LogP contribution in [0, 0.1) is 13.8 Å². The van der Waals surface area contributed by atoms with E-state index in [-0.39, 0.29) is 0 Å². The van der Waals surface area contributed by atoms with Gasteiger partial charge < -0.3 is 10.2 Å². The topological polar surface area (TPSA) is 18.5 Å². The zero-order chi connectivity index (χ0) is 14.0.